The number of carboxylic acid groups (broad SMARTS) is 1. The molecule has 0 aliphatic carbocycles. The summed E-state index contributed by atoms with van der Waals surface area (Å²) >= 11 is 0. The normalized spacial score (nSPS) is 16.4. The second kappa shape index (κ2) is 12.0. The van der Waals surface area contributed by atoms with Gasteiger partial charge in [-0.25, -0.2) is 0 Å². The highest BCUT2D eigenvalue weighted by molar-refractivity contribution is 5.66. The molecule has 7 heteroatoms. The molecule has 0 spiro atoms. The molecule has 0 atom stereocenters. The highest BCUT2D eigenvalue weighted by Crippen LogP contribution is 1.91. The third-order valence-corrected chi connectivity index (χ3v) is 2.97. The lowest BCUT2D eigenvalue weighted by Gasteiger charge is -2.26. The van der Waals surface area contributed by atoms with Crippen LogP contribution in [0.3, 0.4) is 0 Å². The Morgan fingerprint density at radius 3 is 2.10 bits per heavy atom. The van der Waals surface area contributed by atoms with Gasteiger partial charge in [0.15, 0.2) is 0 Å². The molecule has 1 aliphatic heterocycles. The number of nitrogens with one attached hydrogen (secondary N) is 1. The van der Waals surface area contributed by atoms with Crippen LogP contribution in [0.4, 0.5) is 0 Å². The van der Waals surface area contributed by atoms with E-state index in [0.717, 1.165) is 39.3 Å². The Kier molecular flexibility index (Phi) is 10.4. The second-order valence-corrected chi connectivity index (χ2v) is 4.57. The summed E-state index contributed by atoms with van der Waals surface area (Å²) in [4.78, 5) is 12.6. The molecule has 2 N–H and O–H groups in total. The van der Waals surface area contributed by atoms with Gasteiger partial charge in [0.05, 0.1) is 46.1 Å². The van der Waals surface area contributed by atoms with E-state index in [1.54, 1.807) is 0 Å². The van der Waals surface area contributed by atoms with Gasteiger partial charge >= 0.3 is 5.97 Å². The van der Waals surface area contributed by atoms with E-state index in [1.807, 2.05) is 0 Å². The minimum Gasteiger partial charge on any atom is -0.481 e. The fourth-order valence-corrected chi connectivity index (χ4v) is 1.83. The number of rotatable bonds is 12. The van der Waals surface area contributed by atoms with Crippen molar-refractivity contribution in [3.63, 3.8) is 0 Å². The lowest BCUT2D eigenvalue weighted by molar-refractivity contribution is -0.138. The van der Waals surface area contributed by atoms with Gasteiger partial charge in [-0.05, 0) is 0 Å². The Hall–Kier alpha value is -0.730. The molecule has 0 aromatic carbocycles. The third-order valence-electron chi connectivity index (χ3n) is 2.97. The van der Waals surface area contributed by atoms with Crippen molar-refractivity contribution < 1.29 is 24.1 Å². The number of aliphatic carboxylic acids is 1. The van der Waals surface area contributed by atoms with Crippen LogP contribution in [0.2, 0.25) is 0 Å². The van der Waals surface area contributed by atoms with Gasteiger partial charge in [0, 0.05) is 32.7 Å². The molecule has 0 amide bonds. The summed E-state index contributed by atoms with van der Waals surface area (Å²) in [5.41, 5.74) is 0. The Morgan fingerprint density at radius 2 is 1.50 bits per heavy atom. The molecule has 0 bridgehead atoms. The van der Waals surface area contributed by atoms with E-state index < -0.39 is 5.97 Å². The predicted molar refractivity (Wildman–Crippen MR) is 74.0 cm³/mol. The molecule has 0 aromatic rings. The van der Waals surface area contributed by atoms with Crippen molar-refractivity contribution in [3.05, 3.63) is 0 Å². The number of piperazine rings is 1. The standard InChI is InChI=1S/C13H26N2O5/c16-13(17)1-7-18-9-11-20-12-10-19-8-6-15-4-2-14-3-5-15/h14H,1-12H2,(H,16,17). The number of nitrogens with zero attached hydrogens (tertiary/aromatic N) is 1. The minimum absolute atomic E-state index is 0.0368. The third kappa shape index (κ3) is 10.1. The Balaban J connectivity index is 1.73. The van der Waals surface area contributed by atoms with Crippen LogP contribution < -0.4 is 5.32 Å². The lowest BCUT2D eigenvalue weighted by Crippen LogP contribution is -2.44. The molecule has 20 heavy (non-hydrogen) atoms. The molecule has 1 heterocycles. The van der Waals surface area contributed by atoms with Crippen LogP contribution in [0.1, 0.15) is 6.42 Å². The largest absolute Gasteiger partial charge is 0.481 e. The molecule has 0 unspecified atom stereocenters. The molecule has 7 nitrogen and oxygen atoms in total. The highest BCUT2D eigenvalue weighted by atomic mass is 16.5. The lowest BCUT2D eigenvalue weighted by atomic mass is 10.4. The van der Waals surface area contributed by atoms with Crippen LogP contribution in [0.25, 0.3) is 0 Å². The summed E-state index contributed by atoms with van der Waals surface area (Å²) in [7, 11) is 0. The van der Waals surface area contributed by atoms with E-state index in [4.69, 9.17) is 19.3 Å². The van der Waals surface area contributed by atoms with Crippen molar-refractivity contribution in [1.29, 1.82) is 0 Å². The zero-order valence-corrected chi connectivity index (χ0v) is 12.0. The summed E-state index contributed by atoms with van der Waals surface area (Å²) in [6, 6.07) is 0. The van der Waals surface area contributed by atoms with Gasteiger partial charge in [-0.1, -0.05) is 0 Å². The molecular formula is C13H26N2O5. The maximum Gasteiger partial charge on any atom is 0.305 e. The molecule has 1 aliphatic rings. The molecule has 118 valence electrons. The molecular weight excluding hydrogens is 264 g/mol. The van der Waals surface area contributed by atoms with E-state index >= 15 is 0 Å². The van der Waals surface area contributed by atoms with Gasteiger partial charge in [0.25, 0.3) is 0 Å². The number of hydrogen-bond donors (Lipinski definition) is 2. The quantitative estimate of drug-likeness (QED) is 0.465. The van der Waals surface area contributed by atoms with Gasteiger partial charge in [-0.15, -0.1) is 0 Å². The van der Waals surface area contributed by atoms with Crippen molar-refractivity contribution in [2.45, 2.75) is 6.42 Å². The van der Waals surface area contributed by atoms with E-state index in [1.165, 1.54) is 0 Å². The van der Waals surface area contributed by atoms with Crippen LogP contribution in [-0.4, -0.2) is 88.3 Å². The predicted octanol–water partition coefficient (Wildman–Crippen LogP) is -0.584. The summed E-state index contributed by atoms with van der Waals surface area (Å²) < 4.78 is 15.9. The van der Waals surface area contributed by atoms with Crippen molar-refractivity contribution >= 4 is 5.97 Å². The average Bonchev–Trinajstić information content (AvgIpc) is 2.45. The Labute approximate surface area is 120 Å². The fraction of sp³-hybridized carbons (Fsp3) is 0.923. The Morgan fingerprint density at radius 1 is 0.950 bits per heavy atom. The molecule has 0 aromatic heterocycles. The number of hydrogen-bond acceptors (Lipinski definition) is 6. The Bertz CT molecular complexity index is 247. The summed E-state index contributed by atoms with van der Waals surface area (Å²) in [5.74, 6) is -0.844. The first kappa shape index (κ1) is 17.3. The highest BCUT2D eigenvalue weighted by Gasteiger charge is 2.08. The molecule has 1 saturated heterocycles. The van der Waals surface area contributed by atoms with Crippen LogP contribution in [0.15, 0.2) is 0 Å². The monoisotopic (exact) mass is 290 g/mol. The van der Waals surface area contributed by atoms with E-state index in [-0.39, 0.29) is 13.0 Å². The van der Waals surface area contributed by atoms with Crippen molar-refractivity contribution in [2.75, 3.05) is 72.4 Å². The number of ether oxygens (including phenoxy) is 3. The summed E-state index contributed by atoms with van der Waals surface area (Å²) in [6.45, 7) is 8.27. The maximum atomic E-state index is 10.2. The molecule has 0 radical (unpaired) electrons. The van der Waals surface area contributed by atoms with Crippen LogP contribution >= 0.6 is 0 Å². The van der Waals surface area contributed by atoms with Crippen molar-refractivity contribution in [2.24, 2.45) is 0 Å². The summed E-state index contributed by atoms with van der Waals surface area (Å²) in [5, 5.41) is 11.7. The van der Waals surface area contributed by atoms with E-state index in [2.05, 4.69) is 10.2 Å². The van der Waals surface area contributed by atoms with Gasteiger partial charge < -0.3 is 24.6 Å². The van der Waals surface area contributed by atoms with Crippen LogP contribution in [0.5, 0.6) is 0 Å². The van der Waals surface area contributed by atoms with Crippen LogP contribution in [-0.2, 0) is 19.0 Å². The second-order valence-electron chi connectivity index (χ2n) is 4.57. The molecule has 0 saturated carbocycles. The molecule has 1 fully saturated rings. The van der Waals surface area contributed by atoms with Gasteiger partial charge in [-0.2, -0.15) is 0 Å². The van der Waals surface area contributed by atoms with Crippen LogP contribution in [0, 0.1) is 0 Å². The maximum absolute atomic E-state index is 10.2. The van der Waals surface area contributed by atoms with Gasteiger partial charge in [0.1, 0.15) is 0 Å². The number of carboxylic acids is 1. The average molecular weight is 290 g/mol. The zero-order valence-electron chi connectivity index (χ0n) is 12.0. The first-order valence-corrected chi connectivity index (χ1v) is 7.17. The van der Waals surface area contributed by atoms with Gasteiger partial charge in [0.2, 0.25) is 0 Å². The first-order chi connectivity index (χ1) is 9.79. The van der Waals surface area contributed by atoms with Crippen molar-refractivity contribution in [3.8, 4) is 0 Å². The summed E-state index contributed by atoms with van der Waals surface area (Å²) in [6.07, 6.45) is 0.0368. The SMILES string of the molecule is O=C(O)CCOCCOCCOCCN1CCNCC1. The smallest absolute Gasteiger partial charge is 0.305 e. The minimum atomic E-state index is -0.844. The van der Waals surface area contributed by atoms with Gasteiger partial charge in [-0.3, -0.25) is 9.69 Å². The number of carbonyl (C=O) groups is 1. The zero-order chi connectivity index (χ0) is 14.5. The van der Waals surface area contributed by atoms with Crippen molar-refractivity contribution in [1.82, 2.24) is 10.2 Å². The van der Waals surface area contributed by atoms with E-state index in [0.29, 0.717) is 26.4 Å². The fourth-order valence-electron chi connectivity index (χ4n) is 1.83. The topological polar surface area (TPSA) is 80.3 Å². The first-order valence-electron chi connectivity index (χ1n) is 7.17. The molecule has 1 rings (SSSR count). The van der Waals surface area contributed by atoms with E-state index in [9.17, 15) is 4.79 Å².